The van der Waals surface area contributed by atoms with Gasteiger partial charge in [-0.1, -0.05) is 26.7 Å². The number of hydrogen-bond acceptors (Lipinski definition) is 2. The van der Waals surface area contributed by atoms with Crippen LogP contribution in [-0.2, 0) is 9.53 Å². The van der Waals surface area contributed by atoms with Crippen molar-refractivity contribution in [3.8, 4) is 0 Å². The molecule has 3 saturated carbocycles. The highest BCUT2D eigenvalue weighted by Gasteiger charge is 2.63. The summed E-state index contributed by atoms with van der Waals surface area (Å²) in [5.74, 6) is 6.98. The lowest BCUT2D eigenvalue weighted by Gasteiger charge is -2.42. The molecule has 2 heteroatoms. The third-order valence-electron chi connectivity index (χ3n) is 7.00. The van der Waals surface area contributed by atoms with E-state index in [4.69, 9.17) is 4.74 Å². The molecule has 106 valence electrons. The normalized spacial score (nSPS) is 54.9. The Balaban J connectivity index is 1.62. The highest BCUT2D eigenvalue weighted by molar-refractivity contribution is 5.70. The number of carbonyl (C=O) groups excluding carboxylic acids is 1. The van der Waals surface area contributed by atoms with Gasteiger partial charge >= 0.3 is 5.97 Å². The number of rotatable bonds is 2. The fourth-order valence-electron chi connectivity index (χ4n) is 6.68. The van der Waals surface area contributed by atoms with Crippen molar-refractivity contribution < 1.29 is 9.53 Å². The molecule has 1 heterocycles. The lowest BCUT2D eigenvalue weighted by Crippen LogP contribution is -2.42. The minimum Gasteiger partial charge on any atom is -0.465 e. The Morgan fingerprint density at radius 3 is 2.68 bits per heavy atom. The van der Waals surface area contributed by atoms with Gasteiger partial charge in [-0.3, -0.25) is 4.79 Å². The van der Waals surface area contributed by atoms with Crippen LogP contribution in [0.25, 0.3) is 0 Å². The Morgan fingerprint density at radius 1 is 1.11 bits per heavy atom. The Hall–Kier alpha value is -0.530. The SMILES string of the molecule is CCCC1CC(C)C2C3CC(C4CC(=O)OCC43)C12. The van der Waals surface area contributed by atoms with E-state index in [0.717, 1.165) is 48.5 Å². The van der Waals surface area contributed by atoms with Crippen LogP contribution in [0.4, 0.5) is 0 Å². The van der Waals surface area contributed by atoms with Crippen molar-refractivity contribution in [1.29, 1.82) is 0 Å². The zero-order chi connectivity index (χ0) is 13.1. The van der Waals surface area contributed by atoms with Gasteiger partial charge in [0.15, 0.2) is 0 Å². The number of carbonyl (C=O) groups is 1. The third kappa shape index (κ3) is 1.58. The molecule has 8 unspecified atom stereocenters. The van der Waals surface area contributed by atoms with Gasteiger partial charge < -0.3 is 4.74 Å². The minimum atomic E-state index is 0.0726. The monoisotopic (exact) mass is 262 g/mol. The molecule has 0 aromatic rings. The Morgan fingerprint density at radius 2 is 1.89 bits per heavy atom. The summed E-state index contributed by atoms with van der Waals surface area (Å²) in [5.41, 5.74) is 0. The molecule has 0 radical (unpaired) electrons. The van der Waals surface area contributed by atoms with E-state index in [1.165, 1.54) is 25.7 Å². The van der Waals surface area contributed by atoms with E-state index in [1.807, 2.05) is 0 Å². The van der Waals surface area contributed by atoms with Gasteiger partial charge in [0.25, 0.3) is 0 Å². The molecule has 0 aromatic carbocycles. The summed E-state index contributed by atoms with van der Waals surface area (Å²) in [7, 11) is 0. The molecule has 3 aliphatic carbocycles. The fourth-order valence-corrected chi connectivity index (χ4v) is 6.68. The maximum atomic E-state index is 11.6. The van der Waals surface area contributed by atoms with Crippen LogP contribution in [0.1, 0.15) is 46.0 Å². The summed E-state index contributed by atoms with van der Waals surface area (Å²) < 4.78 is 5.36. The molecule has 4 rings (SSSR count). The van der Waals surface area contributed by atoms with E-state index in [-0.39, 0.29) is 5.97 Å². The maximum absolute atomic E-state index is 11.6. The first-order chi connectivity index (χ1) is 9.20. The minimum absolute atomic E-state index is 0.0726. The molecule has 2 nitrogen and oxygen atoms in total. The van der Waals surface area contributed by atoms with Crippen molar-refractivity contribution in [2.45, 2.75) is 46.0 Å². The smallest absolute Gasteiger partial charge is 0.306 e. The molecule has 4 aliphatic rings. The highest BCUT2D eigenvalue weighted by atomic mass is 16.5. The number of ether oxygens (including phenoxy) is 1. The van der Waals surface area contributed by atoms with Gasteiger partial charge in [0.2, 0.25) is 0 Å². The van der Waals surface area contributed by atoms with Gasteiger partial charge in [0, 0.05) is 6.42 Å². The highest BCUT2D eigenvalue weighted by Crippen LogP contribution is 2.68. The summed E-state index contributed by atoms with van der Waals surface area (Å²) in [6.07, 6.45) is 6.32. The molecule has 0 spiro atoms. The van der Waals surface area contributed by atoms with Crippen LogP contribution in [0.2, 0.25) is 0 Å². The number of fused-ring (bicyclic) bond motifs is 8. The van der Waals surface area contributed by atoms with Crippen molar-refractivity contribution in [2.24, 2.45) is 47.3 Å². The standard InChI is InChI=1S/C17H26O2/c1-3-4-10-5-9(2)16-13-6-12(17(10)16)11-7-15(18)19-8-14(11)13/h9-14,16-17H,3-8H2,1-2H3. The second-order valence-electron chi connectivity index (χ2n) is 7.69. The molecular weight excluding hydrogens is 236 g/mol. The molecule has 8 atom stereocenters. The second-order valence-corrected chi connectivity index (χ2v) is 7.69. The van der Waals surface area contributed by atoms with Crippen molar-refractivity contribution in [2.75, 3.05) is 6.61 Å². The predicted octanol–water partition coefficient (Wildman–Crippen LogP) is 3.50. The van der Waals surface area contributed by atoms with Gasteiger partial charge in [-0.15, -0.1) is 0 Å². The molecule has 0 N–H and O–H groups in total. The van der Waals surface area contributed by atoms with Crippen LogP contribution in [-0.4, -0.2) is 12.6 Å². The van der Waals surface area contributed by atoms with Crippen LogP contribution in [0.5, 0.6) is 0 Å². The average Bonchev–Trinajstić information content (AvgIpc) is 3.01. The summed E-state index contributed by atoms with van der Waals surface area (Å²) in [6, 6.07) is 0. The number of hydrogen-bond donors (Lipinski definition) is 0. The van der Waals surface area contributed by atoms with Gasteiger partial charge in [0.1, 0.15) is 0 Å². The van der Waals surface area contributed by atoms with Crippen LogP contribution < -0.4 is 0 Å². The van der Waals surface area contributed by atoms with Gasteiger partial charge in [-0.25, -0.2) is 0 Å². The van der Waals surface area contributed by atoms with Crippen molar-refractivity contribution in [3.05, 3.63) is 0 Å². The molecule has 1 saturated heterocycles. The van der Waals surface area contributed by atoms with E-state index in [2.05, 4.69) is 13.8 Å². The topological polar surface area (TPSA) is 26.3 Å². The molecule has 0 amide bonds. The first-order valence-electron chi connectivity index (χ1n) is 8.36. The summed E-state index contributed by atoms with van der Waals surface area (Å²) >= 11 is 0. The molecule has 1 aliphatic heterocycles. The predicted molar refractivity (Wildman–Crippen MR) is 73.3 cm³/mol. The molecule has 2 bridgehead atoms. The zero-order valence-electron chi connectivity index (χ0n) is 12.2. The Bertz CT molecular complexity index is 391. The van der Waals surface area contributed by atoms with Gasteiger partial charge in [0.05, 0.1) is 6.61 Å². The van der Waals surface area contributed by atoms with Crippen molar-refractivity contribution >= 4 is 5.97 Å². The number of esters is 1. The lowest BCUT2D eigenvalue weighted by molar-refractivity contribution is -0.157. The van der Waals surface area contributed by atoms with E-state index < -0.39 is 0 Å². The summed E-state index contributed by atoms with van der Waals surface area (Å²) in [6.45, 7) is 5.54. The Labute approximate surface area is 116 Å². The van der Waals surface area contributed by atoms with Gasteiger partial charge in [-0.05, 0) is 60.2 Å². The van der Waals surface area contributed by atoms with E-state index in [0.29, 0.717) is 11.8 Å². The van der Waals surface area contributed by atoms with Crippen LogP contribution in [0, 0.1) is 47.3 Å². The van der Waals surface area contributed by atoms with Crippen molar-refractivity contribution in [1.82, 2.24) is 0 Å². The molecule has 4 fully saturated rings. The fraction of sp³-hybridized carbons (Fsp3) is 0.941. The molecular formula is C17H26O2. The van der Waals surface area contributed by atoms with Gasteiger partial charge in [-0.2, -0.15) is 0 Å². The van der Waals surface area contributed by atoms with E-state index >= 15 is 0 Å². The summed E-state index contributed by atoms with van der Waals surface area (Å²) in [4.78, 5) is 11.6. The Kier molecular flexibility index (Phi) is 2.72. The van der Waals surface area contributed by atoms with Crippen molar-refractivity contribution in [3.63, 3.8) is 0 Å². The van der Waals surface area contributed by atoms with Crippen LogP contribution in [0.15, 0.2) is 0 Å². The lowest BCUT2D eigenvalue weighted by atomic mass is 9.65. The van der Waals surface area contributed by atoms with E-state index in [9.17, 15) is 4.79 Å². The zero-order valence-corrected chi connectivity index (χ0v) is 12.2. The quantitative estimate of drug-likeness (QED) is 0.712. The molecule has 19 heavy (non-hydrogen) atoms. The third-order valence-corrected chi connectivity index (χ3v) is 7.00. The first kappa shape index (κ1) is 12.2. The summed E-state index contributed by atoms with van der Waals surface area (Å²) in [5, 5.41) is 0. The maximum Gasteiger partial charge on any atom is 0.306 e. The van der Waals surface area contributed by atoms with Crippen LogP contribution in [0.3, 0.4) is 0 Å². The first-order valence-corrected chi connectivity index (χ1v) is 8.36. The largest absolute Gasteiger partial charge is 0.465 e. The van der Waals surface area contributed by atoms with E-state index in [1.54, 1.807) is 0 Å². The molecule has 0 aromatic heterocycles. The number of cyclic esters (lactones) is 1. The van der Waals surface area contributed by atoms with Crippen LogP contribution >= 0.6 is 0 Å². The second kappa shape index (κ2) is 4.23. The average molecular weight is 262 g/mol.